The van der Waals surface area contributed by atoms with Gasteiger partial charge in [-0.15, -0.1) is 0 Å². The Balaban J connectivity index is 1.96. The molecule has 0 fully saturated rings. The zero-order valence-electron chi connectivity index (χ0n) is 12.1. The van der Waals surface area contributed by atoms with Crippen molar-refractivity contribution < 1.29 is 13.8 Å². The van der Waals surface area contributed by atoms with Gasteiger partial charge in [-0.3, -0.25) is 0 Å². The van der Waals surface area contributed by atoms with Gasteiger partial charge < -0.3 is 10.5 Å². The van der Waals surface area contributed by atoms with E-state index in [1.54, 1.807) is 18.3 Å². The molecule has 0 aliphatic carbocycles. The average Bonchev–Trinajstić information content (AvgIpc) is 2.91. The lowest BCUT2D eigenvalue weighted by molar-refractivity contribution is 0.0809. The van der Waals surface area contributed by atoms with Crippen molar-refractivity contribution in [2.45, 2.75) is 26.6 Å². The van der Waals surface area contributed by atoms with Crippen LogP contribution in [-0.4, -0.2) is 26.6 Å². The first-order valence-corrected chi connectivity index (χ1v) is 6.67. The van der Waals surface area contributed by atoms with E-state index in [4.69, 9.17) is 10.5 Å². The van der Waals surface area contributed by atoms with Crippen molar-refractivity contribution in [3.63, 3.8) is 0 Å². The number of alkyl halides is 1. The molecular formula is C14H14FN5O2. The number of nitrogens with two attached hydrogens (primary N) is 1. The van der Waals surface area contributed by atoms with E-state index >= 15 is 0 Å². The number of hydrogen-bond acceptors (Lipinski definition) is 7. The Bertz CT molecular complexity index is 818. The predicted molar refractivity (Wildman–Crippen MR) is 77.0 cm³/mol. The Labute approximate surface area is 125 Å². The Hall–Kier alpha value is -2.77. The van der Waals surface area contributed by atoms with Crippen LogP contribution in [0.1, 0.15) is 23.7 Å². The Kier molecular flexibility index (Phi) is 3.58. The van der Waals surface area contributed by atoms with Crippen LogP contribution >= 0.6 is 0 Å². The number of aryl methyl sites for hydroxylation is 1. The monoisotopic (exact) mass is 303 g/mol. The zero-order valence-corrected chi connectivity index (χ0v) is 12.1. The molecule has 3 heterocycles. The third kappa shape index (κ3) is 2.67. The van der Waals surface area contributed by atoms with Crippen LogP contribution in [0.2, 0.25) is 0 Å². The topological polar surface area (TPSA) is 100.0 Å². The highest BCUT2D eigenvalue weighted by Gasteiger charge is 2.15. The Morgan fingerprint density at radius 2 is 2.23 bits per heavy atom. The van der Waals surface area contributed by atoms with E-state index in [1.807, 2.05) is 6.92 Å². The zero-order chi connectivity index (χ0) is 15.7. The fraction of sp³-hybridized carbons (Fsp3) is 0.286. The highest BCUT2D eigenvalue weighted by atomic mass is 19.1. The van der Waals surface area contributed by atoms with Gasteiger partial charge in [0.1, 0.15) is 0 Å². The summed E-state index contributed by atoms with van der Waals surface area (Å²) in [5.74, 6) is 0.223. The van der Waals surface area contributed by atoms with Crippen molar-refractivity contribution in [2.24, 2.45) is 0 Å². The van der Waals surface area contributed by atoms with Gasteiger partial charge in [-0.05, 0) is 28.9 Å². The maximum Gasteiger partial charge on any atom is 0.237 e. The van der Waals surface area contributed by atoms with Crippen LogP contribution in [0.4, 0.5) is 10.1 Å². The standard InChI is InChI=1S/C14H14FN5O2/c1-7-10(12(16)13-14(18-7)20-22-19-13)5-9-3-4-17-11(6-9)21-8(2)15/h3-4,6,8H,5,16H2,1-2H3. The highest BCUT2D eigenvalue weighted by Crippen LogP contribution is 2.26. The number of nitrogens with zero attached hydrogens (tertiary/aromatic N) is 4. The van der Waals surface area contributed by atoms with Crippen molar-refractivity contribution in [1.82, 2.24) is 20.3 Å². The quantitative estimate of drug-likeness (QED) is 0.788. The van der Waals surface area contributed by atoms with Crippen LogP contribution in [0.15, 0.2) is 23.0 Å². The van der Waals surface area contributed by atoms with Gasteiger partial charge in [0.2, 0.25) is 17.9 Å². The lowest BCUT2D eigenvalue weighted by Crippen LogP contribution is -2.06. The second-order valence-electron chi connectivity index (χ2n) is 4.87. The summed E-state index contributed by atoms with van der Waals surface area (Å²) in [6.45, 7) is 3.13. The maximum absolute atomic E-state index is 12.9. The smallest absolute Gasteiger partial charge is 0.237 e. The number of fused-ring (bicyclic) bond motifs is 1. The molecule has 0 amide bonds. The van der Waals surface area contributed by atoms with Crippen LogP contribution in [0.3, 0.4) is 0 Å². The van der Waals surface area contributed by atoms with Crippen LogP contribution in [0.25, 0.3) is 11.2 Å². The molecule has 0 saturated carbocycles. The van der Waals surface area contributed by atoms with E-state index in [0.29, 0.717) is 23.3 Å². The number of anilines is 1. The molecular weight excluding hydrogens is 289 g/mol. The minimum absolute atomic E-state index is 0.223. The average molecular weight is 303 g/mol. The van der Waals surface area contributed by atoms with Crippen LogP contribution in [-0.2, 0) is 6.42 Å². The second kappa shape index (κ2) is 5.55. The molecule has 22 heavy (non-hydrogen) atoms. The first kappa shape index (κ1) is 14.2. The van der Waals surface area contributed by atoms with Crippen LogP contribution < -0.4 is 10.5 Å². The van der Waals surface area contributed by atoms with Gasteiger partial charge in [-0.1, -0.05) is 0 Å². The van der Waals surface area contributed by atoms with Crippen molar-refractivity contribution in [2.75, 3.05) is 5.73 Å². The summed E-state index contributed by atoms with van der Waals surface area (Å²) in [6, 6.07) is 3.47. The summed E-state index contributed by atoms with van der Waals surface area (Å²) in [5.41, 5.74) is 9.83. The molecule has 0 aliphatic rings. The van der Waals surface area contributed by atoms with E-state index in [0.717, 1.165) is 16.8 Å². The molecule has 7 nitrogen and oxygen atoms in total. The molecule has 0 spiro atoms. The minimum Gasteiger partial charge on any atom is -0.444 e. The molecule has 0 aromatic carbocycles. The van der Waals surface area contributed by atoms with Gasteiger partial charge in [0.15, 0.2) is 5.52 Å². The summed E-state index contributed by atoms with van der Waals surface area (Å²) < 4.78 is 22.5. The van der Waals surface area contributed by atoms with Gasteiger partial charge in [-0.2, -0.15) is 0 Å². The molecule has 8 heteroatoms. The number of halogens is 1. The number of hydrogen-bond donors (Lipinski definition) is 1. The fourth-order valence-electron chi connectivity index (χ4n) is 2.21. The molecule has 3 rings (SSSR count). The predicted octanol–water partition coefficient (Wildman–Crippen LogP) is 2.19. The van der Waals surface area contributed by atoms with Crippen molar-refractivity contribution >= 4 is 16.9 Å². The molecule has 0 saturated heterocycles. The second-order valence-corrected chi connectivity index (χ2v) is 4.87. The summed E-state index contributed by atoms with van der Waals surface area (Å²) >= 11 is 0. The number of rotatable bonds is 4. The lowest BCUT2D eigenvalue weighted by Gasteiger charge is -2.10. The molecule has 0 bridgehead atoms. The van der Waals surface area contributed by atoms with Crippen molar-refractivity contribution in [3.05, 3.63) is 35.2 Å². The highest BCUT2D eigenvalue weighted by molar-refractivity contribution is 5.85. The SMILES string of the molecule is Cc1nc2nonc2c(N)c1Cc1ccnc(OC(C)F)c1. The van der Waals surface area contributed by atoms with E-state index in [-0.39, 0.29) is 5.88 Å². The number of ether oxygens (including phenoxy) is 1. The fourth-order valence-corrected chi connectivity index (χ4v) is 2.21. The first-order chi connectivity index (χ1) is 10.5. The van der Waals surface area contributed by atoms with E-state index in [9.17, 15) is 4.39 Å². The molecule has 0 radical (unpaired) electrons. The van der Waals surface area contributed by atoms with Crippen molar-refractivity contribution in [1.29, 1.82) is 0 Å². The van der Waals surface area contributed by atoms with E-state index in [1.165, 1.54) is 6.92 Å². The molecule has 3 aromatic rings. The first-order valence-electron chi connectivity index (χ1n) is 6.67. The van der Waals surface area contributed by atoms with E-state index in [2.05, 4.69) is 24.9 Å². The van der Waals surface area contributed by atoms with Gasteiger partial charge in [0.25, 0.3) is 0 Å². The Morgan fingerprint density at radius 1 is 1.41 bits per heavy atom. The lowest BCUT2D eigenvalue weighted by atomic mass is 10.0. The summed E-state index contributed by atoms with van der Waals surface area (Å²) in [6.07, 6.45) is 0.628. The molecule has 114 valence electrons. The molecule has 1 atom stereocenters. The van der Waals surface area contributed by atoms with Gasteiger partial charge in [0, 0.05) is 36.9 Å². The molecule has 3 aromatic heterocycles. The molecule has 2 N–H and O–H groups in total. The summed E-state index contributed by atoms with van der Waals surface area (Å²) in [5, 5.41) is 7.44. The van der Waals surface area contributed by atoms with Gasteiger partial charge in [-0.25, -0.2) is 19.0 Å². The van der Waals surface area contributed by atoms with Crippen LogP contribution in [0, 0.1) is 6.92 Å². The van der Waals surface area contributed by atoms with Crippen LogP contribution in [0.5, 0.6) is 5.88 Å². The largest absolute Gasteiger partial charge is 0.444 e. The number of nitrogen functional groups attached to an aromatic ring is 1. The van der Waals surface area contributed by atoms with Gasteiger partial charge >= 0.3 is 0 Å². The maximum atomic E-state index is 12.9. The number of pyridine rings is 2. The van der Waals surface area contributed by atoms with Crippen molar-refractivity contribution in [3.8, 4) is 5.88 Å². The normalized spacial score (nSPS) is 12.5. The Morgan fingerprint density at radius 3 is 3.00 bits per heavy atom. The van der Waals surface area contributed by atoms with Gasteiger partial charge in [0.05, 0.1) is 5.69 Å². The molecule has 1 unspecified atom stereocenters. The van der Waals surface area contributed by atoms with E-state index < -0.39 is 6.36 Å². The summed E-state index contributed by atoms with van der Waals surface area (Å²) in [4.78, 5) is 8.27. The number of aromatic nitrogens is 4. The molecule has 0 aliphatic heterocycles. The third-order valence-electron chi connectivity index (χ3n) is 3.23. The summed E-state index contributed by atoms with van der Waals surface area (Å²) in [7, 11) is 0. The third-order valence-corrected chi connectivity index (χ3v) is 3.23. The minimum atomic E-state index is -1.42.